The number of amides is 1. The third-order valence-corrected chi connectivity index (χ3v) is 7.31. The average molecular weight is 398 g/mol. The summed E-state index contributed by atoms with van der Waals surface area (Å²) in [6.45, 7) is 3.85. The Morgan fingerprint density at radius 2 is 2.08 bits per heavy atom. The van der Waals surface area contributed by atoms with Crippen molar-refractivity contribution in [3.05, 3.63) is 29.8 Å². The molecule has 1 saturated heterocycles. The van der Waals surface area contributed by atoms with E-state index in [1.54, 1.807) is 12.1 Å². The predicted molar refractivity (Wildman–Crippen MR) is 105 cm³/mol. The second-order valence-electron chi connectivity index (χ2n) is 6.24. The van der Waals surface area contributed by atoms with Gasteiger partial charge in [0.25, 0.3) is 5.91 Å². The van der Waals surface area contributed by atoms with Crippen LogP contribution in [0.3, 0.4) is 0 Å². The molecule has 0 aliphatic carbocycles. The molecule has 0 radical (unpaired) electrons. The summed E-state index contributed by atoms with van der Waals surface area (Å²) in [5.41, 5.74) is 1.42. The molecule has 1 amide bonds. The van der Waals surface area contributed by atoms with Gasteiger partial charge < -0.3 is 15.4 Å². The van der Waals surface area contributed by atoms with Gasteiger partial charge in [0.2, 0.25) is 0 Å². The number of hydrogen-bond acceptors (Lipinski definition) is 7. The summed E-state index contributed by atoms with van der Waals surface area (Å²) in [7, 11) is -2.94. The van der Waals surface area contributed by atoms with Crippen molar-refractivity contribution in [1.29, 1.82) is 0 Å². The Balaban J connectivity index is 1.48. The van der Waals surface area contributed by atoms with Crippen molar-refractivity contribution in [3.63, 3.8) is 0 Å². The van der Waals surface area contributed by atoms with Gasteiger partial charge in [-0.3, -0.25) is 9.79 Å². The normalized spacial score (nSPS) is 23.3. The zero-order valence-electron chi connectivity index (χ0n) is 14.6. The van der Waals surface area contributed by atoms with E-state index in [0.29, 0.717) is 25.3 Å². The number of benzene rings is 1. The lowest BCUT2D eigenvalue weighted by atomic mass is 10.2. The number of thioether (sulfide) groups is 1. The first-order chi connectivity index (χ1) is 12.5. The Labute approximate surface area is 157 Å². The van der Waals surface area contributed by atoms with Gasteiger partial charge in [-0.2, -0.15) is 0 Å². The molecule has 3 rings (SSSR count). The van der Waals surface area contributed by atoms with Gasteiger partial charge in [-0.1, -0.05) is 11.8 Å². The Hall–Kier alpha value is -1.58. The molecule has 7 nitrogen and oxygen atoms in total. The summed E-state index contributed by atoms with van der Waals surface area (Å²) in [6.07, 6.45) is 0.786. The first-order valence-corrected chi connectivity index (χ1v) is 11.3. The number of carbonyl (C=O) groups excluding carboxylic acids is 1. The van der Waals surface area contributed by atoms with E-state index in [-0.39, 0.29) is 28.7 Å². The van der Waals surface area contributed by atoms with Crippen LogP contribution in [0.2, 0.25) is 0 Å². The summed E-state index contributed by atoms with van der Waals surface area (Å²) in [5, 5.41) is 6.82. The van der Waals surface area contributed by atoms with Crippen LogP contribution in [0.1, 0.15) is 23.7 Å². The maximum Gasteiger partial charge on any atom is 0.251 e. The number of sulfone groups is 1. The average Bonchev–Trinajstić information content (AvgIpc) is 3.07. The minimum atomic E-state index is -2.94. The van der Waals surface area contributed by atoms with E-state index in [1.807, 2.05) is 19.1 Å². The number of hydrogen-bond donors (Lipinski definition) is 2. The fourth-order valence-electron chi connectivity index (χ4n) is 2.87. The van der Waals surface area contributed by atoms with E-state index < -0.39 is 9.84 Å². The van der Waals surface area contributed by atoms with Crippen LogP contribution >= 0.6 is 11.8 Å². The van der Waals surface area contributed by atoms with Gasteiger partial charge in [-0.15, -0.1) is 0 Å². The highest BCUT2D eigenvalue weighted by Crippen LogP contribution is 2.34. The quantitative estimate of drug-likeness (QED) is 0.677. The van der Waals surface area contributed by atoms with Crippen LogP contribution in [0.5, 0.6) is 0 Å². The predicted octanol–water partition coefficient (Wildman–Crippen LogP) is 1.52. The molecule has 0 aromatic heterocycles. The first-order valence-electron chi connectivity index (χ1n) is 8.65. The molecule has 1 aromatic carbocycles. The standard InChI is InChI=1S/C17H23N3O4S2/c1-2-24-9-3-8-18-16(21)12-4-6-13(7-5-12)19-17-20-14-10-26(22,23)11-15(14)25-17/h4-7,14-15H,2-3,8-11H2,1H3,(H,18,21)(H,19,20)/t14-,15+/m0/s1. The molecule has 0 spiro atoms. The lowest BCUT2D eigenvalue weighted by Crippen LogP contribution is -2.25. The molecular weight excluding hydrogens is 374 g/mol. The Kier molecular flexibility index (Phi) is 6.20. The van der Waals surface area contributed by atoms with Gasteiger partial charge in [0.15, 0.2) is 15.0 Å². The third kappa shape index (κ3) is 4.99. The van der Waals surface area contributed by atoms with Crippen molar-refractivity contribution in [3.8, 4) is 0 Å². The number of nitrogens with zero attached hydrogens (tertiary/aromatic N) is 1. The van der Waals surface area contributed by atoms with Crippen LogP contribution in [-0.4, -0.2) is 62.0 Å². The van der Waals surface area contributed by atoms with Crippen molar-refractivity contribution < 1.29 is 17.9 Å². The van der Waals surface area contributed by atoms with E-state index in [0.717, 1.165) is 17.3 Å². The zero-order valence-corrected chi connectivity index (χ0v) is 16.2. The van der Waals surface area contributed by atoms with E-state index in [9.17, 15) is 13.2 Å². The zero-order chi connectivity index (χ0) is 18.6. The van der Waals surface area contributed by atoms with Gasteiger partial charge in [0.05, 0.1) is 17.5 Å². The highest BCUT2D eigenvalue weighted by atomic mass is 32.2. The molecular formula is C17H23N3O4S2. The van der Waals surface area contributed by atoms with Gasteiger partial charge in [0, 0.05) is 36.3 Å². The summed E-state index contributed by atoms with van der Waals surface area (Å²) in [6, 6.07) is 7.01. The molecule has 2 aliphatic heterocycles. The van der Waals surface area contributed by atoms with Crippen LogP contribution in [-0.2, 0) is 14.6 Å². The van der Waals surface area contributed by atoms with Crippen LogP contribution in [0, 0.1) is 0 Å². The fraction of sp³-hybridized carbons (Fsp3) is 0.529. The first kappa shape index (κ1) is 19.2. The van der Waals surface area contributed by atoms with Gasteiger partial charge >= 0.3 is 0 Å². The fourth-order valence-corrected chi connectivity index (χ4v) is 6.54. The number of ether oxygens (including phenoxy) is 1. The van der Waals surface area contributed by atoms with Crippen LogP contribution in [0.15, 0.2) is 29.3 Å². The SMILES string of the molecule is CCOCCCNC(=O)c1ccc(NC2=N[C@H]3CS(=O)(=O)C[C@H]3S2)cc1. The molecule has 2 heterocycles. The van der Waals surface area contributed by atoms with E-state index in [1.165, 1.54) is 11.8 Å². The topological polar surface area (TPSA) is 96.9 Å². The molecule has 26 heavy (non-hydrogen) atoms. The third-order valence-electron chi connectivity index (χ3n) is 4.17. The molecule has 2 atom stereocenters. The maximum absolute atomic E-state index is 12.1. The number of fused-ring (bicyclic) bond motifs is 1. The molecule has 0 bridgehead atoms. The van der Waals surface area contributed by atoms with Gasteiger partial charge in [-0.25, -0.2) is 8.42 Å². The number of nitrogens with one attached hydrogen (secondary N) is 2. The molecule has 1 fully saturated rings. The second kappa shape index (κ2) is 8.41. The Bertz CT molecular complexity index is 778. The van der Waals surface area contributed by atoms with Crippen molar-refractivity contribution in [2.45, 2.75) is 24.6 Å². The molecule has 1 aromatic rings. The second-order valence-corrected chi connectivity index (χ2v) is 9.63. The molecule has 0 saturated carbocycles. The van der Waals surface area contributed by atoms with Crippen molar-refractivity contribution in [1.82, 2.24) is 5.32 Å². The summed E-state index contributed by atoms with van der Waals surface area (Å²) < 4.78 is 28.4. The lowest BCUT2D eigenvalue weighted by Gasteiger charge is -2.08. The number of carbonyl (C=O) groups is 1. The maximum atomic E-state index is 12.1. The van der Waals surface area contributed by atoms with Crippen LogP contribution in [0.25, 0.3) is 0 Å². The minimum Gasteiger partial charge on any atom is -0.382 e. The van der Waals surface area contributed by atoms with E-state index in [4.69, 9.17) is 4.74 Å². The summed E-state index contributed by atoms with van der Waals surface area (Å²) >= 11 is 1.47. The summed E-state index contributed by atoms with van der Waals surface area (Å²) in [5.74, 6) is 0.220. The van der Waals surface area contributed by atoms with Crippen LogP contribution < -0.4 is 10.6 Å². The lowest BCUT2D eigenvalue weighted by molar-refractivity contribution is 0.0944. The van der Waals surface area contributed by atoms with Crippen molar-refractivity contribution in [2.75, 3.05) is 36.6 Å². The van der Waals surface area contributed by atoms with E-state index >= 15 is 0 Å². The molecule has 2 aliphatic rings. The number of anilines is 1. The minimum absolute atomic E-state index is 0.0178. The Morgan fingerprint density at radius 1 is 1.31 bits per heavy atom. The Morgan fingerprint density at radius 3 is 2.77 bits per heavy atom. The number of amidine groups is 1. The van der Waals surface area contributed by atoms with Crippen molar-refractivity contribution >= 4 is 38.4 Å². The number of rotatable bonds is 7. The van der Waals surface area contributed by atoms with Crippen molar-refractivity contribution in [2.24, 2.45) is 4.99 Å². The highest BCUT2D eigenvalue weighted by molar-refractivity contribution is 8.15. The molecule has 142 valence electrons. The van der Waals surface area contributed by atoms with Crippen LogP contribution in [0.4, 0.5) is 5.69 Å². The highest BCUT2D eigenvalue weighted by Gasteiger charge is 2.42. The molecule has 9 heteroatoms. The molecule has 2 N–H and O–H groups in total. The summed E-state index contributed by atoms with van der Waals surface area (Å²) in [4.78, 5) is 16.5. The smallest absolute Gasteiger partial charge is 0.251 e. The van der Waals surface area contributed by atoms with Gasteiger partial charge in [-0.05, 0) is 37.6 Å². The largest absolute Gasteiger partial charge is 0.382 e. The van der Waals surface area contributed by atoms with E-state index in [2.05, 4.69) is 15.6 Å². The van der Waals surface area contributed by atoms with Gasteiger partial charge in [0.1, 0.15) is 0 Å². The monoisotopic (exact) mass is 397 g/mol. The molecule has 0 unspecified atom stereocenters. The number of aliphatic imine (C=N–C) groups is 1.